The van der Waals surface area contributed by atoms with Crippen molar-refractivity contribution in [3.8, 4) is 0 Å². The first-order chi connectivity index (χ1) is 22.8. The van der Waals surface area contributed by atoms with E-state index >= 15 is 0 Å². The average molecular weight is 695 g/mol. The van der Waals surface area contributed by atoms with Crippen LogP contribution in [0.2, 0.25) is 0 Å². The number of hydrogen-bond donors (Lipinski definition) is 2. The fourth-order valence-electron chi connectivity index (χ4n) is 12.7. The van der Waals surface area contributed by atoms with Crippen molar-refractivity contribution >= 4 is 29.1 Å². The first kappa shape index (κ1) is 36.7. The molecule has 5 aliphatic carbocycles. The number of ketones is 1. The van der Waals surface area contributed by atoms with Gasteiger partial charge in [-0.05, 0) is 124 Å². The molecule has 0 bridgehead atoms. The molecule has 5 aliphatic rings. The Hall–Kier alpha value is -2.06. The molecule has 0 amide bonds. The van der Waals surface area contributed by atoms with Gasteiger partial charge in [0.25, 0.3) is 0 Å². The Kier molecular flexibility index (Phi) is 9.41. The van der Waals surface area contributed by atoms with Gasteiger partial charge in [0.05, 0.1) is 11.8 Å². The number of aromatic nitrogens is 1. The van der Waals surface area contributed by atoms with Crippen molar-refractivity contribution in [1.29, 1.82) is 0 Å². The number of rotatable bonds is 10. The highest BCUT2D eigenvalue weighted by atomic mass is 32.1. The topological polar surface area (TPSA) is 106 Å². The monoisotopic (exact) mass is 694 g/mol. The number of aliphatic carboxylic acids is 1. The van der Waals surface area contributed by atoms with Gasteiger partial charge in [0.1, 0.15) is 11.1 Å². The van der Waals surface area contributed by atoms with Crippen LogP contribution >= 0.6 is 11.3 Å². The zero-order valence-electron chi connectivity index (χ0n) is 31.7. The predicted molar refractivity (Wildman–Crippen MR) is 194 cm³/mol. The molecule has 0 aromatic carbocycles. The standard InChI is InChI=1S/C41H62N2O5S/c1-25(2)33-27(44)22-41(18-19-42-24-31-43-20-21-49-31)17-16-39(8)26(34(33)41)10-11-29-38(7)14-13-30(48-32(45)23-36(3,4)35(46)47)37(5,6)28(38)12-15-40(29,39)9/h20-21,25-26,28-30,42H,10-19,22-24H2,1-9H3,(H,46,47)/t26-,28-,29?,30+,38+,39-,40-,41-/m1/s1. The summed E-state index contributed by atoms with van der Waals surface area (Å²) in [5.41, 5.74) is 1.74. The lowest BCUT2D eigenvalue weighted by Gasteiger charge is -2.72. The van der Waals surface area contributed by atoms with Crippen molar-refractivity contribution in [3.63, 3.8) is 0 Å². The van der Waals surface area contributed by atoms with E-state index in [1.165, 1.54) is 12.8 Å². The van der Waals surface area contributed by atoms with Gasteiger partial charge in [-0.3, -0.25) is 14.4 Å². The zero-order chi connectivity index (χ0) is 35.8. The van der Waals surface area contributed by atoms with Crippen LogP contribution in [-0.4, -0.2) is 40.5 Å². The van der Waals surface area contributed by atoms with Gasteiger partial charge in [-0.15, -0.1) is 11.3 Å². The molecule has 272 valence electrons. The minimum atomic E-state index is -1.14. The van der Waals surface area contributed by atoms with Gasteiger partial charge < -0.3 is 15.2 Å². The summed E-state index contributed by atoms with van der Waals surface area (Å²) in [6.45, 7) is 21.7. The zero-order valence-corrected chi connectivity index (χ0v) is 32.5. The SMILES string of the molecule is CC(C)C1=C2[C@H]3CCC4[C@@]5(C)CC[C@H](OC(=O)CC(C)(C)C(=O)O)C(C)(C)[C@H]5CC[C@@]4(C)[C@]3(C)CC[C@@]2(CCNCc2nccs2)CC1=O. The molecule has 0 radical (unpaired) electrons. The number of carbonyl (C=O) groups is 3. The predicted octanol–water partition coefficient (Wildman–Crippen LogP) is 9.02. The highest BCUT2D eigenvalue weighted by Crippen LogP contribution is 2.77. The van der Waals surface area contributed by atoms with Crippen molar-refractivity contribution in [2.45, 2.75) is 146 Å². The first-order valence-electron chi connectivity index (χ1n) is 19.1. The molecule has 4 saturated carbocycles. The molecule has 6 rings (SSSR count). The number of esters is 1. The summed E-state index contributed by atoms with van der Waals surface area (Å²) in [5, 5.41) is 16.4. The Morgan fingerprint density at radius 2 is 1.76 bits per heavy atom. The van der Waals surface area contributed by atoms with Crippen molar-refractivity contribution in [3.05, 3.63) is 27.7 Å². The largest absolute Gasteiger partial charge is 0.481 e. The Bertz CT molecular complexity index is 1500. The second-order valence-corrected chi connectivity index (χ2v) is 20.0. The van der Waals surface area contributed by atoms with Gasteiger partial charge in [0.15, 0.2) is 5.78 Å². The number of nitrogens with one attached hydrogen (secondary N) is 1. The minimum Gasteiger partial charge on any atom is -0.481 e. The molecular formula is C41H62N2O5S. The summed E-state index contributed by atoms with van der Waals surface area (Å²) >= 11 is 1.69. The summed E-state index contributed by atoms with van der Waals surface area (Å²) in [6, 6.07) is 0. The third-order valence-electron chi connectivity index (χ3n) is 15.5. The average Bonchev–Trinajstić information content (AvgIpc) is 3.62. The molecule has 0 aliphatic heterocycles. The Morgan fingerprint density at radius 3 is 2.41 bits per heavy atom. The third-order valence-corrected chi connectivity index (χ3v) is 16.3. The first-order valence-corrected chi connectivity index (χ1v) is 20.0. The Morgan fingerprint density at radius 1 is 1.02 bits per heavy atom. The number of fused-ring (bicyclic) bond motifs is 7. The lowest BCUT2D eigenvalue weighted by atomic mass is 9.33. The van der Waals surface area contributed by atoms with Crippen molar-refractivity contribution in [2.75, 3.05) is 6.54 Å². The highest BCUT2D eigenvalue weighted by molar-refractivity contribution is 7.09. The smallest absolute Gasteiger partial charge is 0.309 e. The van der Waals surface area contributed by atoms with Crippen molar-refractivity contribution in [1.82, 2.24) is 10.3 Å². The maximum atomic E-state index is 13.9. The number of allylic oxidation sites excluding steroid dienone is 2. The molecule has 1 heterocycles. The van der Waals surface area contributed by atoms with Gasteiger partial charge in [0.2, 0.25) is 0 Å². The number of carboxylic acid groups (broad SMARTS) is 1. The number of nitrogens with zero attached hydrogens (tertiary/aromatic N) is 1. The van der Waals surface area contributed by atoms with E-state index in [2.05, 4.69) is 58.8 Å². The Labute approximate surface area is 298 Å². The molecule has 8 atom stereocenters. The lowest BCUT2D eigenvalue weighted by Crippen LogP contribution is -2.65. The molecule has 1 unspecified atom stereocenters. The third kappa shape index (κ3) is 5.77. The minimum absolute atomic E-state index is 0.0276. The van der Waals surface area contributed by atoms with Crippen LogP contribution in [0.15, 0.2) is 22.7 Å². The van der Waals surface area contributed by atoms with Gasteiger partial charge in [-0.1, -0.05) is 54.0 Å². The van der Waals surface area contributed by atoms with Crippen molar-refractivity contribution in [2.24, 2.45) is 56.2 Å². The maximum Gasteiger partial charge on any atom is 0.309 e. The van der Waals surface area contributed by atoms with Crippen LogP contribution < -0.4 is 5.32 Å². The van der Waals surface area contributed by atoms with Crippen LogP contribution in [0.3, 0.4) is 0 Å². The van der Waals surface area contributed by atoms with E-state index < -0.39 is 17.4 Å². The number of thiazole rings is 1. The number of carboxylic acids is 1. The van der Waals surface area contributed by atoms with Gasteiger partial charge in [0, 0.05) is 35.4 Å². The fraction of sp³-hybridized carbons (Fsp3) is 0.805. The number of carbonyl (C=O) groups excluding carboxylic acids is 2. The molecule has 0 saturated heterocycles. The molecule has 1 aromatic rings. The van der Waals surface area contributed by atoms with E-state index in [4.69, 9.17) is 4.74 Å². The normalized spacial score (nSPS) is 38.4. The van der Waals surface area contributed by atoms with Gasteiger partial charge in [-0.25, -0.2) is 4.98 Å². The quantitative estimate of drug-likeness (QED) is 0.186. The number of ether oxygens (including phenoxy) is 1. The van der Waals surface area contributed by atoms with Crippen LogP contribution in [-0.2, 0) is 25.7 Å². The molecule has 1 aromatic heterocycles. The molecule has 7 nitrogen and oxygen atoms in total. The summed E-state index contributed by atoms with van der Waals surface area (Å²) in [4.78, 5) is 43.2. The number of Topliss-reactive ketones (excluding diaryl/α,β-unsaturated/α-hetero) is 1. The van der Waals surface area contributed by atoms with Crippen LogP contribution in [0, 0.1) is 56.2 Å². The highest BCUT2D eigenvalue weighted by Gasteiger charge is 2.70. The molecular weight excluding hydrogens is 633 g/mol. The molecule has 49 heavy (non-hydrogen) atoms. The second kappa shape index (κ2) is 12.6. The van der Waals surface area contributed by atoms with E-state index in [1.807, 2.05) is 11.6 Å². The lowest BCUT2D eigenvalue weighted by molar-refractivity contribution is -0.233. The maximum absolute atomic E-state index is 13.9. The van der Waals surface area contributed by atoms with Crippen LogP contribution in [0.25, 0.3) is 0 Å². The van der Waals surface area contributed by atoms with Crippen LogP contribution in [0.5, 0.6) is 0 Å². The summed E-state index contributed by atoms with van der Waals surface area (Å²) in [6.07, 6.45) is 11.9. The van der Waals surface area contributed by atoms with Gasteiger partial charge >= 0.3 is 11.9 Å². The summed E-state index contributed by atoms with van der Waals surface area (Å²) in [5.74, 6) is 0.696. The van der Waals surface area contributed by atoms with Gasteiger partial charge in [-0.2, -0.15) is 0 Å². The van der Waals surface area contributed by atoms with Crippen molar-refractivity contribution < 1.29 is 24.2 Å². The number of hydrogen-bond acceptors (Lipinski definition) is 7. The van der Waals surface area contributed by atoms with Crippen LogP contribution in [0.4, 0.5) is 0 Å². The van der Waals surface area contributed by atoms with E-state index in [1.54, 1.807) is 30.8 Å². The molecule has 2 N–H and O–H groups in total. The summed E-state index contributed by atoms with van der Waals surface area (Å²) in [7, 11) is 0. The molecule has 0 spiro atoms. The van der Waals surface area contributed by atoms with E-state index in [0.29, 0.717) is 30.0 Å². The fourth-order valence-corrected chi connectivity index (χ4v) is 13.3. The van der Waals surface area contributed by atoms with E-state index in [9.17, 15) is 19.5 Å². The van der Waals surface area contributed by atoms with E-state index in [0.717, 1.165) is 68.6 Å². The molecule has 8 heteroatoms. The van der Waals surface area contributed by atoms with E-state index in [-0.39, 0.29) is 45.5 Å². The molecule has 4 fully saturated rings. The second-order valence-electron chi connectivity index (χ2n) is 19.0. The Balaban J connectivity index is 1.25. The summed E-state index contributed by atoms with van der Waals surface area (Å²) < 4.78 is 6.17. The van der Waals surface area contributed by atoms with Crippen LogP contribution in [0.1, 0.15) is 138 Å².